The van der Waals surface area contributed by atoms with Crippen molar-refractivity contribution >= 4 is 12.0 Å². The summed E-state index contributed by atoms with van der Waals surface area (Å²) in [5.41, 5.74) is 2.56. The molecule has 0 spiro atoms. The number of ether oxygens (including phenoxy) is 1. The Kier molecular flexibility index (Phi) is 7.08. The van der Waals surface area contributed by atoms with Gasteiger partial charge in [0, 0.05) is 18.5 Å². The number of hydrogen-bond donors (Lipinski definition) is 1. The van der Waals surface area contributed by atoms with E-state index in [1.165, 1.54) is 12.1 Å². The molecule has 1 aliphatic heterocycles. The first-order valence-electron chi connectivity index (χ1n) is 10.4. The molecule has 0 bridgehead atoms. The number of nitrogens with one attached hydrogen (secondary N) is 1. The van der Waals surface area contributed by atoms with Gasteiger partial charge in [0.15, 0.2) is 0 Å². The maximum Gasteiger partial charge on any atom is 0.410 e. The van der Waals surface area contributed by atoms with E-state index in [-0.39, 0.29) is 36.3 Å². The second-order valence-electron chi connectivity index (χ2n) is 8.13. The van der Waals surface area contributed by atoms with Gasteiger partial charge in [-0.3, -0.25) is 4.79 Å². The van der Waals surface area contributed by atoms with E-state index in [1.54, 1.807) is 11.0 Å². The van der Waals surface area contributed by atoms with E-state index >= 15 is 0 Å². The molecule has 1 aliphatic rings. The SMILES string of the molecule is Cc1cc(F)ccc1[C@H]1C[C@@H](NC(=O)C(C)C)CCN1C(=O)OCc1ccccc1. The van der Waals surface area contributed by atoms with Crippen LogP contribution in [0.5, 0.6) is 0 Å². The average molecular weight is 413 g/mol. The smallest absolute Gasteiger partial charge is 0.410 e. The van der Waals surface area contributed by atoms with E-state index in [0.29, 0.717) is 19.4 Å². The molecule has 5 nitrogen and oxygen atoms in total. The fraction of sp³-hybridized carbons (Fsp3) is 0.417. The van der Waals surface area contributed by atoms with Crippen LogP contribution in [0.15, 0.2) is 48.5 Å². The van der Waals surface area contributed by atoms with Crippen LogP contribution in [-0.2, 0) is 16.1 Å². The molecule has 1 fully saturated rings. The molecule has 3 rings (SSSR count). The van der Waals surface area contributed by atoms with Crippen LogP contribution in [0.3, 0.4) is 0 Å². The molecule has 1 heterocycles. The van der Waals surface area contributed by atoms with Crippen LogP contribution in [0.4, 0.5) is 9.18 Å². The van der Waals surface area contributed by atoms with Gasteiger partial charge in [-0.1, -0.05) is 50.2 Å². The van der Waals surface area contributed by atoms with Crippen LogP contribution in [-0.4, -0.2) is 29.5 Å². The standard InChI is InChI=1S/C24H29FN2O3/c1-16(2)23(28)26-20-11-12-27(24(29)30-15-18-7-5-4-6-8-18)22(14-20)21-10-9-19(25)13-17(21)3/h4-10,13,16,20,22H,11-12,14-15H2,1-3H3,(H,26,28)/t20-,22+/m0/s1. The van der Waals surface area contributed by atoms with E-state index < -0.39 is 6.09 Å². The van der Waals surface area contributed by atoms with Gasteiger partial charge in [-0.05, 0) is 48.6 Å². The van der Waals surface area contributed by atoms with Crippen molar-refractivity contribution < 1.29 is 18.7 Å². The van der Waals surface area contributed by atoms with Crippen LogP contribution in [0.25, 0.3) is 0 Å². The molecule has 2 aromatic rings. The fourth-order valence-corrected chi connectivity index (χ4v) is 3.79. The summed E-state index contributed by atoms with van der Waals surface area (Å²) in [6, 6.07) is 13.8. The molecule has 0 aromatic heterocycles. The number of rotatable bonds is 5. The molecule has 2 aromatic carbocycles. The van der Waals surface area contributed by atoms with Gasteiger partial charge >= 0.3 is 6.09 Å². The Bertz CT molecular complexity index is 885. The molecule has 1 N–H and O–H groups in total. The Hall–Kier alpha value is -2.89. The van der Waals surface area contributed by atoms with Crippen molar-refractivity contribution in [2.75, 3.05) is 6.54 Å². The number of piperidine rings is 1. The second-order valence-corrected chi connectivity index (χ2v) is 8.13. The first kappa shape index (κ1) is 21.8. The van der Waals surface area contributed by atoms with Gasteiger partial charge in [0.2, 0.25) is 5.91 Å². The van der Waals surface area contributed by atoms with Crippen molar-refractivity contribution in [2.45, 2.75) is 52.3 Å². The van der Waals surface area contributed by atoms with Gasteiger partial charge in [0.05, 0.1) is 6.04 Å². The molecule has 1 saturated heterocycles. The summed E-state index contributed by atoms with van der Waals surface area (Å²) in [7, 11) is 0. The van der Waals surface area contributed by atoms with Crippen molar-refractivity contribution in [3.8, 4) is 0 Å². The molecule has 0 unspecified atom stereocenters. The third kappa shape index (κ3) is 5.38. The number of benzene rings is 2. The molecule has 30 heavy (non-hydrogen) atoms. The minimum atomic E-state index is -0.402. The Morgan fingerprint density at radius 3 is 2.60 bits per heavy atom. The summed E-state index contributed by atoms with van der Waals surface area (Å²) in [4.78, 5) is 26.8. The predicted octanol–water partition coefficient (Wildman–Crippen LogP) is 4.75. The minimum Gasteiger partial charge on any atom is -0.445 e. The second kappa shape index (κ2) is 9.74. The highest BCUT2D eigenvalue weighted by Crippen LogP contribution is 2.34. The van der Waals surface area contributed by atoms with Gasteiger partial charge in [0.1, 0.15) is 12.4 Å². The maximum absolute atomic E-state index is 13.7. The summed E-state index contributed by atoms with van der Waals surface area (Å²) in [5, 5.41) is 3.07. The van der Waals surface area contributed by atoms with Crippen molar-refractivity contribution in [3.63, 3.8) is 0 Å². The average Bonchev–Trinajstić information content (AvgIpc) is 2.72. The number of carbonyl (C=O) groups is 2. The molecule has 0 saturated carbocycles. The van der Waals surface area contributed by atoms with Crippen molar-refractivity contribution in [3.05, 3.63) is 71.0 Å². The van der Waals surface area contributed by atoms with E-state index in [4.69, 9.17) is 4.74 Å². The lowest BCUT2D eigenvalue weighted by Crippen LogP contribution is -2.49. The third-order valence-corrected chi connectivity index (χ3v) is 5.50. The van der Waals surface area contributed by atoms with Crippen molar-refractivity contribution in [1.82, 2.24) is 10.2 Å². The van der Waals surface area contributed by atoms with E-state index in [9.17, 15) is 14.0 Å². The number of carbonyl (C=O) groups excluding carboxylic acids is 2. The zero-order valence-corrected chi connectivity index (χ0v) is 17.7. The molecule has 0 radical (unpaired) electrons. The van der Waals surface area contributed by atoms with Crippen molar-refractivity contribution in [2.24, 2.45) is 5.92 Å². The molecule has 0 aliphatic carbocycles. The highest BCUT2D eigenvalue weighted by atomic mass is 19.1. The number of aryl methyl sites for hydroxylation is 1. The predicted molar refractivity (Wildman–Crippen MR) is 113 cm³/mol. The monoisotopic (exact) mass is 412 g/mol. The summed E-state index contributed by atoms with van der Waals surface area (Å²) in [6.45, 7) is 6.19. The lowest BCUT2D eigenvalue weighted by atomic mass is 9.89. The van der Waals surface area contributed by atoms with Crippen LogP contribution in [0, 0.1) is 18.7 Å². The summed E-state index contributed by atoms with van der Waals surface area (Å²) in [6.07, 6.45) is 0.808. The number of amides is 2. The first-order valence-corrected chi connectivity index (χ1v) is 10.4. The Balaban J connectivity index is 1.78. The van der Waals surface area contributed by atoms with E-state index in [0.717, 1.165) is 16.7 Å². The fourth-order valence-electron chi connectivity index (χ4n) is 3.79. The summed E-state index contributed by atoms with van der Waals surface area (Å²) >= 11 is 0. The van der Waals surface area contributed by atoms with Gasteiger partial charge in [-0.15, -0.1) is 0 Å². The molecule has 2 amide bonds. The van der Waals surface area contributed by atoms with E-state index in [2.05, 4.69) is 5.32 Å². The third-order valence-electron chi connectivity index (χ3n) is 5.50. The first-order chi connectivity index (χ1) is 14.3. The van der Waals surface area contributed by atoms with Crippen LogP contribution in [0.1, 0.15) is 49.4 Å². The highest BCUT2D eigenvalue weighted by molar-refractivity contribution is 5.78. The van der Waals surface area contributed by atoms with Crippen LogP contribution >= 0.6 is 0 Å². The van der Waals surface area contributed by atoms with Crippen LogP contribution in [0.2, 0.25) is 0 Å². The Morgan fingerprint density at radius 1 is 1.20 bits per heavy atom. The van der Waals surface area contributed by atoms with Crippen LogP contribution < -0.4 is 5.32 Å². The molecule has 2 atom stereocenters. The zero-order chi connectivity index (χ0) is 21.7. The normalized spacial score (nSPS) is 18.9. The lowest BCUT2D eigenvalue weighted by Gasteiger charge is -2.40. The number of hydrogen-bond acceptors (Lipinski definition) is 3. The molecule has 160 valence electrons. The largest absolute Gasteiger partial charge is 0.445 e. The number of nitrogens with zero attached hydrogens (tertiary/aromatic N) is 1. The van der Waals surface area contributed by atoms with Gasteiger partial charge in [-0.25, -0.2) is 9.18 Å². The molecular weight excluding hydrogens is 383 g/mol. The van der Waals surface area contributed by atoms with Gasteiger partial charge in [-0.2, -0.15) is 0 Å². The summed E-state index contributed by atoms with van der Waals surface area (Å²) in [5.74, 6) is -0.422. The Morgan fingerprint density at radius 2 is 1.93 bits per heavy atom. The molecule has 6 heteroatoms. The number of halogens is 1. The maximum atomic E-state index is 13.7. The van der Waals surface area contributed by atoms with Gasteiger partial charge in [0.25, 0.3) is 0 Å². The lowest BCUT2D eigenvalue weighted by molar-refractivity contribution is -0.125. The van der Waals surface area contributed by atoms with Gasteiger partial charge < -0.3 is 15.0 Å². The zero-order valence-electron chi connectivity index (χ0n) is 17.7. The summed E-state index contributed by atoms with van der Waals surface area (Å²) < 4.78 is 19.2. The number of likely N-dealkylation sites (tertiary alicyclic amines) is 1. The quantitative estimate of drug-likeness (QED) is 0.771. The van der Waals surface area contributed by atoms with Crippen molar-refractivity contribution in [1.29, 1.82) is 0 Å². The van der Waals surface area contributed by atoms with E-state index in [1.807, 2.05) is 51.1 Å². The topological polar surface area (TPSA) is 58.6 Å². The Labute approximate surface area is 177 Å². The minimum absolute atomic E-state index is 0.00492. The molecular formula is C24H29FN2O3. The highest BCUT2D eigenvalue weighted by Gasteiger charge is 2.35.